The van der Waals surface area contributed by atoms with Crippen molar-refractivity contribution in [1.29, 1.82) is 0 Å². The Kier molecular flexibility index (Phi) is 12.9. The highest BCUT2D eigenvalue weighted by Crippen LogP contribution is 2.38. The zero-order valence-electron chi connectivity index (χ0n) is 33.9. The third kappa shape index (κ3) is 11.1. The van der Waals surface area contributed by atoms with Gasteiger partial charge in [-0.25, -0.2) is 0 Å². The second kappa shape index (κ2) is 15.1. The lowest BCUT2D eigenvalue weighted by atomic mass is 9.74. The minimum atomic E-state index is -1.11. The van der Waals surface area contributed by atoms with E-state index in [-0.39, 0.29) is 70.4 Å². The van der Waals surface area contributed by atoms with Crippen molar-refractivity contribution < 1.29 is 28.6 Å². The standard InChI is InChI=1S/C40H73N3O6/c1-25(2)38(13)22-28(19-35(7,8)41-38)47-32(44)18-16-17-31(33(45)48-29-20-36(9,10)42-39(14,23-29)26(3)4)34(46)49-30-21-37(11,12)43-40(15,24-30)27(5)6/h25-31,41-43H,16-24H2,1-15H3. The third-order valence-corrected chi connectivity index (χ3v) is 12.2. The molecule has 3 N–H and O–H groups in total. The maximum Gasteiger partial charge on any atom is 0.320 e. The molecule has 3 saturated heterocycles. The predicted octanol–water partition coefficient (Wildman–Crippen LogP) is 7.24. The molecule has 3 aliphatic rings. The third-order valence-electron chi connectivity index (χ3n) is 12.2. The van der Waals surface area contributed by atoms with E-state index in [4.69, 9.17) is 14.2 Å². The van der Waals surface area contributed by atoms with Crippen LogP contribution in [0.2, 0.25) is 0 Å². The minimum Gasteiger partial charge on any atom is -0.462 e. The fourth-order valence-corrected chi connectivity index (χ4v) is 8.88. The summed E-state index contributed by atoms with van der Waals surface area (Å²) in [6.45, 7) is 32.4. The van der Waals surface area contributed by atoms with Gasteiger partial charge in [-0.2, -0.15) is 0 Å². The van der Waals surface area contributed by atoms with E-state index in [1.807, 2.05) is 0 Å². The molecule has 9 heteroatoms. The van der Waals surface area contributed by atoms with Crippen molar-refractivity contribution in [3.63, 3.8) is 0 Å². The molecule has 0 aromatic rings. The number of ether oxygens (including phenoxy) is 3. The number of piperidine rings is 3. The van der Waals surface area contributed by atoms with Gasteiger partial charge in [0.1, 0.15) is 18.3 Å². The van der Waals surface area contributed by atoms with Gasteiger partial charge in [-0.1, -0.05) is 41.5 Å². The topological polar surface area (TPSA) is 115 Å². The van der Waals surface area contributed by atoms with Crippen molar-refractivity contribution in [2.24, 2.45) is 23.7 Å². The van der Waals surface area contributed by atoms with Crippen LogP contribution in [0.4, 0.5) is 0 Å². The lowest BCUT2D eigenvalue weighted by molar-refractivity contribution is -0.174. The van der Waals surface area contributed by atoms with Crippen molar-refractivity contribution in [2.75, 3.05) is 0 Å². The minimum absolute atomic E-state index is 0.122. The number of hydrogen-bond donors (Lipinski definition) is 3. The second-order valence-electron chi connectivity index (χ2n) is 19.6. The number of nitrogens with one attached hydrogen (secondary N) is 3. The van der Waals surface area contributed by atoms with Crippen molar-refractivity contribution in [3.8, 4) is 0 Å². The van der Waals surface area contributed by atoms with Crippen molar-refractivity contribution >= 4 is 17.9 Å². The Hall–Kier alpha value is -1.71. The fraction of sp³-hybridized carbons (Fsp3) is 0.925. The normalized spacial score (nSPS) is 34.8. The zero-order valence-corrected chi connectivity index (χ0v) is 33.9. The summed E-state index contributed by atoms with van der Waals surface area (Å²) in [6.07, 6.45) is 3.82. The van der Waals surface area contributed by atoms with E-state index in [0.29, 0.717) is 49.9 Å². The molecular formula is C40H73N3O6. The van der Waals surface area contributed by atoms with Crippen molar-refractivity contribution in [2.45, 2.75) is 213 Å². The first-order valence-corrected chi connectivity index (χ1v) is 19.2. The fourth-order valence-electron chi connectivity index (χ4n) is 8.88. The summed E-state index contributed by atoms with van der Waals surface area (Å²) in [5.41, 5.74) is -1.22. The van der Waals surface area contributed by atoms with Gasteiger partial charge in [0, 0.05) is 78.2 Å². The van der Waals surface area contributed by atoms with E-state index in [1.54, 1.807) is 0 Å². The molecule has 0 radical (unpaired) electrons. The van der Waals surface area contributed by atoms with Crippen LogP contribution in [-0.2, 0) is 28.6 Å². The highest BCUT2D eigenvalue weighted by Gasteiger charge is 2.47. The summed E-state index contributed by atoms with van der Waals surface area (Å²) in [5, 5.41) is 11.3. The van der Waals surface area contributed by atoms with Gasteiger partial charge in [-0.15, -0.1) is 0 Å². The van der Waals surface area contributed by atoms with Crippen molar-refractivity contribution in [3.05, 3.63) is 0 Å². The molecule has 0 aromatic carbocycles. The van der Waals surface area contributed by atoms with Gasteiger partial charge in [-0.3, -0.25) is 14.4 Å². The molecule has 0 saturated carbocycles. The molecule has 0 spiro atoms. The SMILES string of the molecule is CC(C)C1(C)CC(OC(=O)CCCC(C(=O)OC2CC(C)(C)NC(C)(C(C)C)C2)C(=O)OC2CC(C)(C)NC(C)(C(C)C)C2)CC(C)(C)N1. The van der Waals surface area contributed by atoms with Crippen molar-refractivity contribution in [1.82, 2.24) is 16.0 Å². The molecule has 0 aromatic heterocycles. The molecule has 9 nitrogen and oxygen atoms in total. The van der Waals surface area contributed by atoms with Gasteiger partial charge in [0.2, 0.25) is 0 Å². The summed E-state index contributed by atoms with van der Waals surface area (Å²) >= 11 is 0. The Balaban J connectivity index is 1.75. The number of hydrogen-bond acceptors (Lipinski definition) is 9. The van der Waals surface area contributed by atoms with Crippen LogP contribution < -0.4 is 16.0 Å². The number of rotatable bonds is 12. The first-order chi connectivity index (χ1) is 22.2. The monoisotopic (exact) mass is 692 g/mol. The highest BCUT2D eigenvalue weighted by atomic mass is 16.6. The summed E-state index contributed by atoms with van der Waals surface area (Å²) in [6, 6.07) is 0. The van der Waals surface area contributed by atoms with E-state index in [9.17, 15) is 14.4 Å². The largest absolute Gasteiger partial charge is 0.462 e. The first kappa shape index (κ1) is 41.7. The average molecular weight is 692 g/mol. The Morgan fingerprint density at radius 3 is 1.14 bits per heavy atom. The molecule has 3 aliphatic heterocycles. The summed E-state index contributed by atoms with van der Waals surface area (Å²) < 4.78 is 18.4. The number of carbonyl (C=O) groups excluding carboxylic acids is 3. The average Bonchev–Trinajstić information content (AvgIpc) is 2.87. The summed E-state index contributed by atoms with van der Waals surface area (Å²) in [7, 11) is 0. The molecule has 0 aliphatic carbocycles. The highest BCUT2D eigenvalue weighted by molar-refractivity contribution is 5.95. The Morgan fingerprint density at radius 2 is 0.837 bits per heavy atom. The Bertz CT molecular complexity index is 1120. The predicted molar refractivity (Wildman–Crippen MR) is 196 cm³/mol. The van der Waals surface area contributed by atoms with E-state index in [1.165, 1.54) is 0 Å². The molecule has 3 heterocycles. The number of carbonyl (C=O) groups is 3. The van der Waals surface area contributed by atoms with Gasteiger partial charge in [0.25, 0.3) is 0 Å². The van der Waals surface area contributed by atoms with Crippen LogP contribution in [0, 0.1) is 23.7 Å². The van der Waals surface area contributed by atoms with Gasteiger partial charge in [0.15, 0.2) is 5.92 Å². The van der Waals surface area contributed by atoms with Gasteiger partial charge < -0.3 is 30.2 Å². The molecule has 284 valence electrons. The van der Waals surface area contributed by atoms with Crippen LogP contribution in [0.1, 0.15) is 162 Å². The maximum absolute atomic E-state index is 14.0. The summed E-state index contributed by atoms with van der Waals surface area (Å²) in [4.78, 5) is 41.1. The van der Waals surface area contributed by atoms with Crippen LogP contribution in [-0.4, -0.2) is 69.5 Å². The Labute approximate surface area is 298 Å². The molecule has 6 unspecified atom stereocenters. The molecule has 6 atom stereocenters. The van der Waals surface area contributed by atoms with Crippen LogP contribution >= 0.6 is 0 Å². The van der Waals surface area contributed by atoms with Crippen LogP contribution in [0.15, 0.2) is 0 Å². The quantitative estimate of drug-likeness (QED) is 0.111. The van der Waals surface area contributed by atoms with Crippen LogP contribution in [0.3, 0.4) is 0 Å². The van der Waals surface area contributed by atoms with Gasteiger partial charge in [0.05, 0.1) is 0 Å². The molecule has 3 rings (SSSR count). The van der Waals surface area contributed by atoms with Gasteiger partial charge in [-0.05, 0) is 92.9 Å². The maximum atomic E-state index is 14.0. The smallest absolute Gasteiger partial charge is 0.320 e. The van der Waals surface area contributed by atoms with E-state index < -0.39 is 17.9 Å². The molecule has 0 amide bonds. The summed E-state index contributed by atoms with van der Waals surface area (Å²) in [5.74, 6) is -1.50. The number of esters is 3. The lowest BCUT2D eigenvalue weighted by Gasteiger charge is -2.50. The second-order valence-corrected chi connectivity index (χ2v) is 19.6. The van der Waals surface area contributed by atoms with E-state index in [2.05, 4.69) is 120 Å². The molecule has 3 fully saturated rings. The molecule has 49 heavy (non-hydrogen) atoms. The van der Waals surface area contributed by atoms with Crippen LogP contribution in [0.5, 0.6) is 0 Å². The van der Waals surface area contributed by atoms with Gasteiger partial charge >= 0.3 is 17.9 Å². The zero-order chi connectivity index (χ0) is 37.4. The molecule has 0 bridgehead atoms. The molecular weight excluding hydrogens is 618 g/mol. The van der Waals surface area contributed by atoms with E-state index >= 15 is 0 Å². The lowest BCUT2D eigenvalue weighted by Crippen LogP contribution is -2.63. The van der Waals surface area contributed by atoms with E-state index in [0.717, 1.165) is 12.8 Å². The Morgan fingerprint density at radius 1 is 0.531 bits per heavy atom. The first-order valence-electron chi connectivity index (χ1n) is 19.2. The van der Waals surface area contributed by atoms with Crippen LogP contribution in [0.25, 0.3) is 0 Å².